The number of nitrogens with zero attached hydrogens (tertiary/aromatic N) is 1. The van der Waals surface area contributed by atoms with Gasteiger partial charge in [0.05, 0.1) is 5.56 Å². The van der Waals surface area contributed by atoms with E-state index in [4.69, 9.17) is 17.3 Å². The number of nitrogen functional groups attached to an aromatic ring is 1. The van der Waals surface area contributed by atoms with Gasteiger partial charge in [-0.2, -0.15) is 0 Å². The summed E-state index contributed by atoms with van der Waals surface area (Å²) in [5, 5.41) is 13.4. The molecule has 16 heavy (non-hydrogen) atoms. The van der Waals surface area contributed by atoms with Crippen LogP contribution in [0.15, 0.2) is 16.7 Å². The van der Waals surface area contributed by atoms with E-state index in [0.717, 1.165) is 6.07 Å². The van der Waals surface area contributed by atoms with Crippen molar-refractivity contribution in [3.05, 3.63) is 28.5 Å². The highest BCUT2D eigenvalue weighted by atomic mass is 35.5. The lowest BCUT2D eigenvalue weighted by molar-refractivity contribution is 0.427. The smallest absolute Gasteiger partial charge is 0.222 e. The first-order valence-electron chi connectivity index (χ1n) is 4.41. The van der Waals surface area contributed by atoms with Crippen molar-refractivity contribution in [2.24, 2.45) is 0 Å². The number of phenolic OH excluding ortho intramolecular Hbond substituents is 1. The Hall–Kier alpha value is -1.75. The fraction of sp³-hybridized carbons (Fsp3) is 0.100. The minimum Gasteiger partial charge on any atom is -0.504 e. The molecular formula is C10H8ClFN2O2. The summed E-state index contributed by atoms with van der Waals surface area (Å²) in [6, 6.07) is 2.43. The van der Waals surface area contributed by atoms with Crippen molar-refractivity contribution in [1.82, 2.24) is 5.16 Å². The fourth-order valence-corrected chi connectivity index (χ4v) is 1.62. The summed E-state index contributed by atoms with van der Waals surface area (Å²) >= 11 is 5.81. The Labute approximate surface area is 95.4 Å². The zero-order valence-electron chi connectivity index (χ0n) is 8.29. The molecule has 84 valence electrons. The predicted octanol–water partition coefficient (Wildman–Crippen LogP) is 2.73. The molecule has 0 saturated heterocycles. The average molecular weight is 243 g/mol. The van der Waals surface area contributed by atoms with Crippen molar-refractivity contribution in [2.45, 2.75) is 6.92 Å². The van der Waals surface area contributed by atoms with Gasteiger partial charge in [0.25, 0.3) is 0 Å². The SMILES string of the molecule is Cc1c(Cl)cc(F)c(O)c1-c1cc(N)on1. The van der Waals surface area contributed by atoms with E-state index in [-0.39, 0.29) is 22.2 Å². The minimum absolute atomic E-state index is 0.0779. The molecule has 0 spiro atoms. The Morgan fingerprint density at radius 1 is 1.50 bits per heavy atom. The third kappa shape index (κ3) is 1.59. The Morgan fingerprint density at radius 2 is 2.19 bits per heavy atom. The van der Waals surface area contributed by atoms with Gasteiger partial charge in [0.15, 0.2) is 11.6 Å². The monoisotopic (exact) mass is 242 g/mol. The number of phenols is 1. The first-order chi connectivity index (χ1) is 7.50. The van der Waals surface area contributed by atoms with Crippen LogP contribution in [0, 0.1) is 12.7 Å². The van der Waals surface area contributed by atoms with Crippen molar-refractivity contribution in [3.63, 3.8) is 0 Å². The lowest BCUT2D eigenvalue weighted by Gasteiger charge is -2.07. The summed E-state index contributed by atoms with van der Waals surface area (Å²) < 4.78 is 17.9. The van der Waals surface area contributed by atoms with E-state index in [0.29, 0.717) is 5.56 Å². The maximum atomic E-state index is 13.3. The molecule has 0 saturated carbocycles. The molecule has 2 rings (SSSR count). The van der Waals surface area contributed by atoms with Crippen LogP contribution in [0.2, 0.25) is 5.02 Å². The highest BCUT2D eigenvalue weighted by Crippen LogP contribution is 2.38. The highest BCUT2D eigenvalue weighted by molar-refractivity contribution is 6.31. The second kappa shape index (κ2) is 3.68. The predicted molar refractivity (Wildman–Crippen MR) is 57.7 cm³/mol. The van der Waals surface area contributed by atoms with Crippen LogP contribution in [0.3, 0.4) is 0 Å². The first-order valence-corrected chi connectivity index (χ1v) is 4.78. The summed E-state index contributed by atoms with van der Waals surface area (Å²) in [5.41, 5.74) is 6.29. The van der Waals surface area contributed by atoms with Gasteiger partial charge >= 0.3 is 0 Å². The van der Waals surface area contributed by atoms with Gasteiger partial charge in [0.1, 0.15) is 5.69 Å². The van der Waals surface area contributed by atoms with E-state index < -0.39 is 11.6 Å². The number of aromatic hydroxyl groups is 1. The van der Waals surface area contributed by atoms with E-state index >= 15 is 0 Å². The van der Waals surface area contributed by atoms with Crippen LogP contribution < -0.4 is 5.73 Å². The molecule has 1 aromatic carbocycles. The molecule has 2 aromatic rings. The lowest BCUT2D eigenvalue weighted by atomic mass is 10.0. The van der Waals surface area contributed by atoms with Crippen LogP contribution in [0.5, 0.6) is 5.75 Å². The summed E-state index contributed by atoms with van der Waals surface area (Å²) in [5.74, 6) is -1.25. The van der Waals surface area contributed by atoms with E-state index in [1.54, 1.807) is 6.92 Å². The molecule has 0 atom stereocenters. The van der Waals surface area contributed by atoms with Gasteiger partial charge in [-0.05, 0) is 18.6 Å². The average Bonchev–Trinajstić information content (AvgIpc) is 2.62. The summed E-state index contributed by atoms with van der Waals surface area (Å²) in [6.45, 7) is 1.64. The number of aromatic nitrogens is 1. The van der Waals surface area contributed by atoms with E-state index in [2.05, 4.69) is 9.68 Å². The van der Waals surface area contributed by atoms with Gasteiger partial charge in [-0.3, -0.25) is 0 Å². The van der Waals surface area contributed by atoms with Crippen LogP contribution in [0.25, 0.3) is 11.3 Å². The van der Waals surface area contributed by atoms with Crippen LogP contribution in [-0.2, 0) is 0 Å². The molecule has 0 radical (unpaired) electrons. The van der Waals surface area contributed by atoms with Crippen molar-refractivity contribution < 1.29 is 14.0 Å². The van der Waals surface area contributed by atoms with Crippen molar-refractivity contribution in [3.8, 4) is 17.0 Å². The molecule has 0 unspecified atom stereocenters. The Bertz CT molecular complexity index is 528. The third-order valence-electron chi connectivity index (χ3n) is 2.23. The van der Waals surface area contributed by atoms with Gasteiger partial charge < -0.3 is 15.4 Å². The fourth-order valence-electron chi connectivity index (χ4n) is 1.42. The molecule has 3 N–H and O–H groups in total. The Balaban J connectivity index is 2.73. The molecule has 6 heteroatoms. The molecule has 4 nitrogen and oxygen atoms in total. The second-order valence-electron chi connectivity index (χ2n) is 3.30. The van der Waals surface area contributed by atoms with Gasteiger partial charge in [0.2, 0.25) is 5.88 Å². The normalized spacial score (nSPS) is 10.7. The Morgan fingerprint density at radius 3 is 2.75 bits per heavy atom. The Kier molecular flexibility index (Phi) is 2.47. The van der Waals surface area contributed by atoms with Crippen molar-refractivity contribution in [1.29, 1.82) is 0 Å². The van der Waals surface area contributed by atoms with Crippen LogP contribution in [0.4, 0.5) is 10.3 Å². The number of benzene rings is 1. The number of nitrogens with two attached hydrogens (primary N) is 1. The zero-order valence-corrected chi connectivity index (χ0v) is 9.05. The minimum atomic E-state index is -0.813. The number of rotatable bonds is 1. The number of hydrogen-bond acceptors (Lipinski definition) is 4. The largest absolute Gasteiger partial charge is 0.504 e. The molecule has 1 aromatic heterocycles. The van der Waals surface area contributed by atoms with E-state index in [1.807, 2.05) is 0 Å². The van der Waals surface area contributed by atoms with E-state index in [9.17, 15) is 9.50 Å². The molecular weight excluding hydrogens is 235 g/mol. The van der Waals surface area contributed by atoms with E-state index in [1.165, 1.54) is 6.07 Å². The maximum absolute atomic E-state index is 13.3. The van der Waals surface area contributed by atoms with Crippen LogP contribution in [-0.4, -0.2) is 10.3 Å². The maximum Gasteiger partial charge on any atom is 0.222 e. The molecule has 0 aliphatic heterocycles. The third-order valence-corrected chi connectivity index (χ3v) is 2.63. The molecule has 0 amide bonds. The van der Waals surface area contributed by atoms with Crippen LogP contribution in [0.1, 0.15) is 5.56 Å². The molecule has 0 fully saturated rings. The second-order valence-corrected chi connectivity index (χ2v) is 3.71. The van der Waals surface area contributed by atoms with Crippen molar-refractivity contribution in [2.75, 3.05) is 5.73 Å². The molecule has 0 bridgehead atoms. The first kappa shape index (κ1) is 10.8. The number of halogens is 2. The summed E-state index contributed by atoms with van der Waals surface area (Å²) in [7, 11) is 0. The zero-order chi connectivity index (χ0) is 11.9. The van der Waals surface area contributed by atoms with Gasteiger partial charge in [0, 0.05) is 11.1 Å². The highest BCUT2D eigenvalue weighted by Gasteiger charge is 2.18. The summed E-state index contributed by atoms with van der Waals surface area (Å²) in [6.07, 6.45) is 0. The number of hydrogen-bond donors (Lipinski definition) is 2. The molecule has 0 aliphatic carbocycles. The quantitative estimate of drug-likeness (QED) is 0.807. The molecule has 1 heterocycles. The van der Waals surface area contributed by atoms with Crippen molar-refractivity contribution >= 4 is 17.5 Å². The van der Waals surface area contributed by atoms with Gasteiger partial charge in [-0.1, -0.05) is 16.8 Å². The standard InChI is InChI=1S/C10H8ClFN2O2/c1-4-5(11)2-6(12)10(15)9(4)7-3-8(13)16-14-7/h2-3,15H,13H2,1H3. The topological polar surface area (TPSA) is 72.3 Å². The van der Waals surface area contributed by atoms with Gasteiger partial charge in [-0.25, -0.2) is 4.39 Å². The summed E-state index contributed by atoms with van der Waals surface area (Å²) in [4.78, 5) is 0. The van der Waals surface area contributed by atoms with Gasteiger partial charge in [-0.15, -0.1) is 0 Å². The van der Waals surface area contributed by atoms with Crippen LogP contribution >= 0.6 is 11.6 Å². The number of anilines is 1. The molecule has 0 aliphatic rings. The lowest BCUT2D eigenvalue weighted by Crippen LogP contribution is -1.89.